The molecule has 0 aromatic heterocycles. The minimum atomic E-state index is -2.00. The second-order valence-electron chi connectivity index (χ2n) is 8.39. The first kappa shape index (κ1) is 22.8. The monoisotopic (exact) mass is 405 g/mol. The molecule has 8 nitrogen and oxygen atoms in total. The van der Waals surface area contributed by atoms with E-state index in [2.05, 4.69) is 5.32 Å². The Kier molecular flexibility index (Phi) is 7.02. The summed E-state index contributed by atoms with van der Waals surface area (Å²) in [6.07, 6.45) is 2.03. The Balaban J connectivity index is 2.18. The zero-order valence-electron chi connectivity index (χ0n) is 17.8. The van der Waals surface area contributed by atoms with E-state index >= 15 is 0 Å². The zero-order valence-corrected chi connectivity index (χ0v) is 17.8. The van der Waals surface area contributed by atoms with Crippen molar-refractivity contribution < 1.29 is 23.9 Å². The van der Waals surface area contributed by atoms with Crippen LogP contribution in [0.4, 0.5) is 5.69 Å². The van der Waals surface area contributed by atoms with Crippen LogP contribution in [0.5, 0.6) is 0 Å². The van der Waals surface area contributed by atoms with Crippen LogP contribution in [0.1, 0.15) is 49.5 Å². The van der Waals surface area contributed by atoms with Crippen LogP contribution in [0, 0.1) is 6.92 Å². The van der Waals surface area contributed by atoms with Crippen molar-refractivity contribution in [1.82, 2.24) is 4.90 Å². The molecular weight excluding hydrogens is 374 g/mol. The highest BCUT2D eigenvalue weighted by Gasteiger charge is 2.45. The minimum Gasteiger partial charge on any atom is -0.458 e. The maximum absolute atomic E-state index is 12.8. The molecule has 0 radical (unpaired) electrons. The summed E-state index contributed by atoms with van der Waals surface area (Å²) in [5, 5.41) is 2.64. The Bertz CT molecular complexity index is 781. The molecule has 1 aromatic carbocycles. The van der Waals surface area contributed by atoms with Crippen molar-refractivity contribution in [3.63, 3.8) is 0 Å². The number of carbonyl (C=O) groups excluding carboxylic acids is 3. The maximum Gasteiger partial charge on any atom is 0.338 e. The average molecular weight is 405 g/mol. The standard InChI is InChI=1S/C21H31N3O5/c1-14-12-15(8-9-16(14)17(25)24-10-6-7-11-24)23-18(26)21(22,13-28-5)19(27)29-20(2,3)4/h8-9,12H,6-7,10-11,13,22H2,1-5H3,(H,23,26). The first-order valence-electron chi connectivity index (χ1n) is 9.70. The average Bonchev–Trinajstić information content (AvgIpc) is 3.14. The molecule has 1 aliphatic rings. The number of likely N-dealkylation sites (tertiary alicyclic amines) is 1. The molecule has 1 unspecified atom stereocenters. The third-order valence-electron chi connectivity index (χ3n) is 4.65. The van der Waals surface area contributed by atoms with E-state index < -0.39 is 23.0 Å². The molecule has 0 spiro atoms. The number of carbonyl (C=O) groups is 3. The summed E-state index contributed by atoms with van der Waals surface area (Å²) in [7, 11) is 1.35. The third-order valence-corrected chi connectivity index (χ3v) is 4.65. The van der Waals surface area contributed by atoms with Crippen molar-refractivity contribution >= 4 is 23.5 Å². The number of benzene rings is 1. The Labute approximate surface area is 171 Å². The number of hydrogen-bond acceptors (Lipinski definition) is 6. The van der Waals surface area contributed by atoms with Crippen LogP contribution in [0.3, 0.4) is 0 Å². The molecule has 2 amide bonds. The number of nitrogens with zero attached hydrogens (tertiary/aromatic N) is 1. The number of aryl methyl sites for hydroxylation is 1. The smallest absolute Gasteiger partial charge is 0.338 e. The van der Waals surface area contributed by atoms with Gasteiger partial charge in [-0.3, -0.25) is 9.59 Å². The topological polar surface area (TPSA) is 111 Å². The van der Waals surface area contributed by atoms with Gasteiger partial charge in [-0.25, -0.2) is 4.79 Å². The second kappa shape index (κ2) is 8.92. The van der Waals surface area contributed by atoms with E-state index in [0.29, 0.717) is 11.3 Å². The number of nitrogens with two attached hydrogens (primary N) is 1. The van der Waals surface area contributed by atoms with Gasteiger partial charge in [0.2, 0.25) is 5.54 Å². The lowest BCUT2D eigenvalue weighted by atomic mass is 9.99. The first-order valence-corrected chi connectivity index (χ1v) is 9.70. The number of amides is 2. The van der Waals surface area contributed by atoms with E-state index in [0.717, 1.165) is 31.5 Å². The number of rotatable bonds is 6. The molecule has 1 heterocycles. The van der Waals surface area contributed by atoms with Gasteiger partial charge in [0.05, 0.1) is 6.61 Å². The van der Waals surface area contributed by atoms with Crippen molar-refractivity contribution in [2.75, 3.05) is 32.1 Å². The van der Waals surface area contributed by atoms with Crippen molar-refractivity contribution in [3.05, 3.63) is 29.3 Å². The van der Waals surface area contributed by atoms with Gasteiger partial charge >= 0.3 is 5.97 Å². The lowest BCUT2D eigenvalue weighted by Gasteiger charge is -2.29. The number of ether oxygens (including phenoxy) is 2. The largest absolute Gasteiger partial charge is 0.458 e. The fourth-order valence-electron chi connectivity index (χ4n) is 3.13. The second-order valence-corrected chi connectivity index (χ2v) is 8.39. The Morgan fingerprint density at radius 2 is 1.79 bits per heavy atom. The molecule has 1 aliphatic heterocycles. The van der Waals surface area contributed by atoms with Gasteiger partial charge in [0.1, 0.15) is 5.60 Å². The molecule has 160 valence electrons. The summed E-state index contributed by atoms with van der Waals surface area (Å²) >= 11 is 0. The first-order chi connectivity index (χ1) is 13.5. The van der Waals surface area contributed by atoms with Crippen LogP contribution in [0.2, 0.25) is 0 Å². The van der Waals surface area contributed by atoms with Crippen LogP contribution in [-0.4, -0.2) is 60.6 Å². The summed E-state index contributed by atoms with van der Waals surface area (Å²) in [6.45, 7) is 8.06. The molecular formula is C21H31N3O5. The summed E-state index contributed by atoms with van der Waals surface area (Å²) < 4.78 is 10.3. The van der Waals surface area contributed by atoms with Gasteiger partial charge in [-0.05, 0) is 64.3 Å². The normalized spacial score (nSPS) is 16.3. The van der Waals surface area contributed by atoms with Crippen molar-refractivity contribution in [2.24, 2.45) is 5.73 Å². The van der Waals surface area contributed by atoms with Crippen LogP contribution < -0.4 is 11.1 Å². The van der Waals surface area contributed by atoms with Gasteiger partial charge in [-0.15, -0.1) is 0 Å². The van der Waals surface area contributed by atoms with Gasteiger partial charge in [0.15, 0.2) is 0 Å². The molecule has 29 heavy (non-hydrogen) atoms. The fourth-order valence-corrected chi connectivity index (χ4v) is 3.13. The Morgan fingerprint density at radius 1 is 1.17 bits per heavy atom. The lowest BCUT2D eigenvalue weighted by molar-refractivity contribution is -0.165. The van der Waals surface area contributed by atoms with E-state index in [1.807, 2.05) is 4.90 Å². The predicted octanol–water partition coefficient (Wildman–Crippen LogP) is 1.86. The van der Waals surface area contributed by atoms with Gasteiger partial charge in [-0.1, -0.05) is 0 Å². The summed E-state index contributed by atoms with van der Waals surface area (Å²) in [4.78, 5) is 39.8. The molecule has 1 aromatic rings. The molecule has 1 atom stereocenters. The fraction of sp³-hybridized carbons (Fsp3) is 0.571. The van der Waals surface area contributed by atoms with E-state index in [-0.39, 0.29) is 12.5 Å². The molecule has 1 fully saturated rings. The highest BCUT2D eigenvalue weighted by Crippen LogP contribution is 2.21. The predicted molar refractivity (Wildman–Crippen MR) is 110 cm³/mol. The molecule has 8 heteroatoms. The van der Waals surface area contributed by atoms with Gasteiger partial charge < -0.3 is 25.4 Å². The Morgan fingerprint density at radius 3 is 2.31 bits per heavy atom. The molecule has 0 aliphatic carbocycles. The number of methoxy groups -OCH3 is 1. The van der Waals surface area contributed by atoms with Gasteiger partial charge in [-0.2, -0.15) is 0 Å². The summed E-state index contributed by atoms with van der Waals surface area (Å²) in [5.74, 6) is -1.63. The highest BCUT2D eigenvalue weighted by molar-refractivity contribution is 6.13. The van der Waals surface area contributed by atoms with Crippen molar-refractivity contribution in [3.8, 4) is 0 Å². The van der Waals surface area contributed by atoms with Gasteiger partial charge in [0, 0.05) is 31.5 Å². The minimum absolute atomic E-state index is 0.0146. The van der Waals surface area contributed by atoms with Crippen LogP contribution in [0.15, 0.2) is 18.2 Å². The highest BCUT2D eigenvalue weighted by atomic mass is 16.6. The van der Waals surface area contributed by atoms with Crippen LogP contribution in [-0.2, 0) is 19.1 Å². The molecule has 1 saturated heterocycles. The number of anilines is 1. The van der Waals surface area contributed by atoms with E-state index in [1.165, 1.54) is 7.11 Å². The third kappa shape index (κ3) is 5.55. The number of nitrogens with one attached hydrogen (secondary N) is 1. The SMILES string of the molecule is COCC(N)(C(=O)Nc1ccc(C(=O)N2CCCC2)c(C)c1)C(=O)OC(C)(C)C. The Hall–Kier alpha value is -2.45. The van der Waals surface area contributed by atoms with Crippen LogP contribution >= 0.6 is 0 Å². The van der Waals surface area contributed by atoms with E-state index in [4.69, 9.17) is 15.2 Å². The molecule has 3 N–H and O–H groups in total. The molecule has 2 rings (SSSR count). The maximum atomic E-state index is 12.8. The van der Waals surface area contributed by atoms with Crippen LogP contribution in [0.25, 0.3) is 0 Å². The zero-order chi connectivity index (χ0) is 21.8. The van der Waals surface area contributed by atoms with Crippen molar-refractivity contribution in [1.29, 1.82) is 0 Å². The molecule has 0 bridgehead atoms. The quantitative estimate of drug-likeness (QED) is 0.552. The van der Waals surface area contributed by atoms with Crippen molar-refractivity contribution in [2.45, 2.75) is 51.7 Å². The van der Waals surface area contributed by atoms with E-state index in [9.17, 15) is 14.4 Å². The lowest BCUT2D eigenvalue weighted by Crippen LogP contribution is -2.62. The number of hydrogen-bond donors (Lipinski definition) is 2. The summed E-state index contributed by atoms with van der Waals surface area (Å²) in [5.41, 5.74) is 5.02. The molecule has 0 saturated carbocycles. The summed E-state index contributed by atoms with van der Waals surface area (Å²) in [6, 6.07) is 4.98. The number of esters is 1. The van der Waals surface area contributed by atoms with E-state index in [1.54, 1.807) is 45.9 Å². The van der Waals surface area contributed by atoms with Gasteiger partial charge in [0.25, 0.3) is 11.8 Å².